The topological polar surface area (TPSA) is 12.0 Å². The molecule has 0 saturated carbocycles. The Morgan fingerprint density at radius 3 is 2.74 bits per heavy atom. The van der Waals surface area contributed by atoms with E-state index in [2.05, 4.69) is 53.9 Å². The number of rotatable bonds is 6. The third-order valence-corrected chi connectivity index (χ3v) is 4.12. The molecule has 98 valence electrons. The Morgan fingerprint density at radius 1 is 1.26 bits per heavy atom. The normalized spacial score (nSPS) is 12.0. The number of terminal acetylenes is 1. The summed E-state index contributed by atoms with van der Waals surface area (Å²) in [6, 6.07) is 13.2. The van der Waals surface area contributed by atoms with Crippen molar-refractivity contribution in [3.8, 4) is 23.5 Å². The van der Waals surface area contributed by atoms with Gasteiger partial charge in [-0.25, -0.2) is 0 Å². The largest absolute Gasteiger partial charge is 0.308 e. The van der Waals surface area contributed by atoms with Crippen molar-refractivity contribution < 1.29 is 0 Å². The molecule has 0 spiro atoms. The summed E-state index contributed by atoms with van der Waals surface area (Å²) in [7, 11) is 0. The van der Waals surface area contributed by atoms with Crippen LogP contribution in [0.2, 0.25) is 0 Å². The van der Waals surface area contributed by atoms with E-state index in [9.17, 15) is 0 Å². The zero-order valence-corrected chi connectivity index (χ0v) is 12.0. The van der Waals surface area contributed by atoms with Gasteiger partial charge in [0, 0.05) is 23.9 Å². The highest BCUT2D eigenvalue weighted by Crippen LogP contribution is 2.25. The molecule has 2 aromatic rings. The number of thiophene rings is 1. The Labute approximate surface area is 119 Å². The van der Waals surface area contributed by atoms with E-state index in [1.54, 1.807) is 11.3 Å². The molecule has 0 aliphatic heterocycles. The van der Waals surface area contributed by atoms with Crippen LogP contribution in [0, 0.1) is 12.3 Å². The zero-order valence-electron chi connectivity index (χ0n) is 11.2. The minimum absolute atomic E-state index is 0.423. The first-order valence-corrected chi connectivity index (χ1v) is 7.51. The molecule has 1 heterocycles. The van der Waals surface area contributed by atoms with Crippen molar-refractivity contribution in [2.45, 2.75) is 32.4 Å². The summed E-state index contributed by atoms with van der Waals surface area (Å²) in [5.74, 6) is 2.73. The molecule has 1 N–H and O–H groups in total. The minimum Gasteiger partial charge on any atom is -0.308 e. The summed E-state index contributed by atoms with van der Waals surface area (Å²) in [4.78, 5) is 1.36. The molecule has 1 unspecified atom stereocenters. The van der Waals surface area contributed by atoms with Crippen LogP contribution in [0.1, 0.15) is 24.6 Å². The predicted molar refractivity (Wildman–Crippen MR) is 84.1 cm³/mol. The molecule has 0 radical (unpaired) electrons. The van der Waals surface area contributed by atoms with Crippen LogP contribution in [0.3, 0.4) is 0 Å². The summed E-state index contributed by atoms with van der Waals surface area (Å²) in [6.07, 6.45) is 7.24. The maximum atomic E-state index is 5.37. The Bertz CT molecular complexity index is 536. The molecule has 0 aliphatic carbocycles. The third-order valence-electron chi connectivity index (χ3n) is 3.18. The van der Waals surface area contributed by atoms with Crippen LogP contribution in [-0.4, -0.2) is 6.04 Å². The van der Waals surface area contributed by atoms with E-state index >= 15 is 0 Å². The summed E-state index contributed by atoms with van der Waals surface area (Å²) in [5, 5.41) is 5.74. The van der Waals surface area contributed by atoms with Gasteiger partial charge in [0.2, 0.25) is 0 Å². The maximum Gasteiger partial charge on any atom is 0.0302 e. The van der Waals surface area contributed by atoms with Crippen molar-refractivity contribution in [2.75, 3.05) is 0 Å². The van der Waals surface area contributed by atoms with Crippen molar-refractivity contribution in [1.29, 1.82) is 0 Å². The van der Waals surface area contributed by atoms with Gasteiger partial charge in [0.1, 0.15) is 0 Å². The van der Waals surface area contributed by atoms with Crippen LogP contribution < -0.4 is 5.32 Å². The van der Waals surface area contributed by atoms with E-state index in [1.807, 2.05) is 6.07 Å². The molecule has 1 aromatic heterocycles. The lowest BCUT2D eigenvalue weighted by molar-refractivity contribution is 0.509. The summed E-state index contributed by atoms with van der Waals surface area (Å²) in [5.41, 5.74) is 2.58. The first kappa shape index (κ1) is 13.9. The molecule has 2 heteroatoms. The van der Waals surface area contributed by atoms with E-state index in [1.165, 1.54) is 16.0 Å². The van der Waals surface area contributed by atoms with Gasteiger partial charge in [0.05, 0.1) is 0 Å². The molecule has 0 aliphatic rings. The van der Waals surface area contributed by atoms with Gasteiger partial charge in [-0.2, -0.15) is 0 Å². The third kappa shape index (κ3) is 3.96. The number of benzene rings is 1. The molecule has 0 saturated heterocycles. The Morgan fingerprint density at radius 2 is 2.05 bits per heavy atom. The maximum absolute atomic E-state index is 5.37. The van der Waals surface area contributed by atoms with Crippen molar-refractivity contribution in [2.24, 2.45) is 0 Å². The van der Waals surface area contributed by atoms with Crippen LogP contribution in [0.5, 0.6) is 0 Å². The Balaban J connectivity index is 1.97. The van der Waals surface area contributed by atoms with E-state index < -0.39 is 0 Å². The van der Waals surface area contributed by atoms with Crippen LogP contribution >= 0.6 is 11.3 Å². The number of hydrogen-bond donors (Lipinski definition) is 1. The van der Waals surface area contributed by atoms with Crippen LogP contribution in [-0.2, 0) is 6.54 Å². The lowest BCUT2D eigenvalue weighted by atomic mass is 10.1. The van der Waals surface area contributed by atoms with Gasteiger partial charge in [-0.1, -0.05) is 37.3 Å². The lowest BCUT2D eigenvalue weighted by Gasteiger charge is -2.12. The molecule has 2 rings (SSSR count). The Kier molecular flexibility index (Phi) is 5.20. The number of hydrogen-bond acceptors (Lipinski definition) is 2. The van der Waals surface area contributed by atoms with E-state index in [-0.39, 0.29) is 0 Å². The monoisotopic (exact) mass is 269 g/mol. The summed E-state index contributed by atoms with van der Waals surface area (Å²) >= 11 is 1.80. The molecule has 0 bridgehead atoms. The fourth-order valence-corrected chi connectivity index (χ4v) is 2.85. The predicted octanol–water partition coefficient (Wildman–Crippen LogP) is 4.31. The second-order valence-electron chi connectivity index (χ2n) is 4.56. The van der Waals surface area contributed by atoms with Gasteiger partial charge in [-0.3, -0.25) is 0 Å². The summed E-state index contributed by atoms with van der Waals surface area (Å²) < 4.78 is 0. The molecule has 0 amide bonds. The van der Waals surface area contributed by atoms with Crippen LogP contribution in [0.15, 0.2) is 41.8 Å². The second kappa shape index (κ2) is 7.13. The van der Waals surface area contributed by atoms with Crippen molar-refractivity contribution in [3.05, 3.63) is 46.7 Å². The second-order valence-corrected chi connectivity index (χ2v) is 5.56. The molecule has 19 heavy (non-hydrogen) atoms. The van der Waals surface area contributed by atoms with Crippen molar-refractivity contribution >= 4 is 11.3 Å². The molecular formula is C17H19NS. The first-order chi connectivity index (χ1) is 9.33. The van der Waals surface area contributed by atoms with Gasteiger partial charge < -0.3 is 5.32 Å². The van der Waals surface area contributed by atoms with Gasteiger partial charge in [-0.15, -0.1) is 23.7 Å². The highest BCUT2D eigenvalue weighted by atomic mass is 32.1. The SMILES string of the molecule is C#CCC(CC)NCc1cc(-c2ccccc2)cs1. The van der Waals surface area contributed by atoms with Gasteiger partial charge in [-0.05, 0) is 29.0 Å². The first-order valence-electron chi connectivity index (χ1n) is 6.63. The average molecular weight is 269 g/mol. The van der Waals surface area contributed by atoms with Crippen molar-refractivity contribution in [1.82, 2.24) is 5.32 Å². The van der Waals surface area contributed by atoms with Crippen LogP contribution in [0.25, 0.3) is 11.1 Å². The average Bonchev–Trinajstić information content (AvgIpc) is 2.93. The molecule has 1 atom stereocenters. The lowest BCUT2D eigenvalue weighted by Crippen LogP contribution is -2.26. The van der Waals surface area contributed by atoms with E-state index in [0.717, 1.165) is 19.4 Å². The summed E-state index contributed by atoms with van der Waals surface area (Å²) in [6.45, 7) is 3.07. The molecular weight excluding hydrogens is 250 g/mol. The standard InChI is InChI=1S/C17H19NS/c1-3-8-16(4-2)18-12-17-11-15(13-19-17)14-9-6-5-7-10-14/h1,5-7,9-11,13,16,18H,4,8,12H2,2H3. The van der Waals surface area contributed by atoms with Crippen LogP contribution in [0.4, 0.5) is 0 Å². The molecule has 1 nitrogen and oxygen atoms in total. The van der Waals surface area contributed by atoms with E-state index in [4.69, 9.17) is 6.42 Å². The molecule has 0 fully saturated rings. The fourth-order valence-electron chi connectivity index (χ4n) is 2.00. The van der Waals surface area contributed by atoms with Crippen molar-refractivity contribution in [3.63, 3.8) is 0 Å². The highest BCUT2D eigenvalue weighted by molar-refractivity contribution is 7.10. The van der Waals surface area contributed by atoms with Gasteiger partial charge >= 0.3 is 0 Å². The number of nitrogens with one attached hydrogen (secondary N) is 1. The fraction of sp³-hybridized carbons (Fsp3) is 0.294. The highest BCUT2D eigenvalue weighted by Gasteiger charge is 2.06. The zero-order chi connectivity index (χ0) is 13.5. The van der Waals surface area contributed by atoms with E-state index in [0.29, 0.717) is 6.04 Å². The Hall–Kier alpha value is -1.56. The molecule has 1 aromatic carbocycles. The smallest absolute Gasteiger partial charge is 0.0302 e. The van der Waals surface area contributed by atoms with Gasteiger partial charge in [0.25, 0.3) is 0 Å². The minimum atomic E-state index is 0.423. The van der Waals surface area contributed by atoms with Gasteiger partial charge in [0.15, 0.2) is 0 Å². The quantitative estimate of drug-likeness (QED) is 0.771.